The molecule has 2 amide bonds. The van der Waals surface area contributed by atoms with E-state index >= 15 is 0 Å². The first kappa shape index (κ1) is 25.4. The zero-order chi connectivity index (χ0) is 26.5. The van der Waals surface area contributed by atoms with Gasteiger partial charge in [-0.25, -0.2) is 0 Å². The van der Waals surface area contributed by atoms with Crippen LogP contribution in [0.3, 0.4) is 0 Å². The van der Waals surface area contributed by atoms with Crippen LogP contribution in [0.1, 0.15) is 47.3 Å². The van der Waals surface area contributed by atoms with E-state index in [0.717, 1.165) is 11.1 Å². The van der Waals surface area contributed by atoms with Crippen molar-refractivity contribution in [3.8, 4) is 17.2 Å². The van der Waals surface area contributed by atoms with Gasteiger partial charge in [0.1, 0.15) is 11.8 Å². The first-order chi connectivity index (χ1) is 18.5. The Morgan fingerprint density at radius 1 is 0.868 bits per heavy atom. The highest BCUT2D eigenvalue weighted by atomic mass is 16.7. The second-order valence-corrected chi connectivity index (χ2v) is 9.66. The first-order valence-corrected chi connectivity index (χ1v) is 12.9. The molecular formula is C31H32N2O5. The monoisotopic (exact) mass is 512 g/mol. The molecule has 0 fully saturated rings. The molecule has 3 aromatic carbocycles. The van der Waals surface area contributed by atoms with Crippen LogP contribution in [-0.2, 0) is 11.2 Å². The van der Waals surface area contributed by atoms with Crippen LogP contribution in [0.5, 0.6) is 17.2 Å². The molecule has 1 N–H and O–H groups in total. The number of benzene rings is 3. The predicted octanol–water partition coefficient (Wildman–Crippen LogP) is 5.07. The second-order valence-electron chi connectivity index (χ2n) is 9.66. The summed E-state index contributed by atoms with van der Waals surface area (Å²) in [4.78, 5) is 29.2. The number of nitrogens with one attached hydrogen (secondary N) is 1. The Balaban J connectivity index is 1.51. The lowest BCUT2D eigenvalue weighted by atomic mass is 9.99. The van der Waals surface area contributed by atoms with Gasteiger partial charge < -0.3 is 24.4 Å². The van der Waals surface area contributed by atoms with Crippen LogP contribution in [0.4, 0.5) is 0 Å². The summed E-state index contributed by atoms with van der Waals surface area (Å²) in [6.45, 7) is 2.16. The number of hydrogen-bond acceptors (Lipinski definition) is 5. The Morgan fingerprint density at radius 3 is 2.45 bits per heavy atom. The van der Waals surface area contributed by atoms with Gasteiger partial charge >= 0.3 is 0 Å². The molecule has 38 heavy (non-hydrogen) atoms. The van der Waals surface area contributed by atoms with E-state index in [1.54, 1.807) is 19.2 Å². The van der Waals surface area contributed by atoms with Crippen LogP contribution < -0.4 is 19.5 Å². The van der Waals surface area contributed by atoms with Crippen molar-refractivity contribution in [3.05, 3.63) is 102 Å². The molecular weight excluding hydrogens is 480 g/mol. The number of amides is 2. The zero-order valence-corrected chi connectivity index (χ0v) is 21.6. The highest BCUT2D eigenvalue weighted by Gasteiger charge is 2.31. The molecule has 7 nitrogen and oxygen atoms in total. The normalized spacial score (nSPS) is 22.6. The van der Waals surface area contributed by atoms with Gasteiger partial charge in [-0.1, -0.05) is 60.7 Å². The smallest absolute Gasteiger partial charge is 0.258 e. The van der Waals surface area contributed by atoms with Crippen molar-refractivity contribution < 1.29 is 23.8 Å². The second kappa shape index (κ2) is 11.4. The van der Waals surface area contributed by atoms with E-state index in [2.05, 4.69) is 17.5 Å². The van der Waals surface area contributed by atoms with E-state index in [1.165, 1.54) is 4.90 Å². The number of hydrogen-bond donors (Lipinski definition) is 1. The molecule has 3 aromatic rings. The van der Waals surface area contributed by atoms with Crippen LogP contribution in [0.15, 0.2) is 84.9 Å². The average molecular weight is 513 g/mol. The highest BCUT2D eigenvalue weighted by molar-refractivity contribution is 5.99. The molecule has 196 valence electrons. The number of ether oxygens (including phenoxy) is 3. The summed E-state index contributed by atoms with van der Waals surface area (Å²) in [5.74, 6) is 1.36. The molecule has 0 spiro atoms. The van der Waals surface area contributed by atoms with Crippen LogP contribution >= 0.6 is 0 Å². The van der Waals surface area contributed by atoms with E-state index < -0.39 is 6.04 Å². The molecule has 0 radical (unpaired) electrons. The maximum absolute atomic E-state index is 13.9. The largest absolute Gasteiger partial charge is 0.490 e. The predicted molar refractivity (Wildman–Crippen MR) is 144 cm³/mol. The summed E-state index contributed by atoms with van der Waals surface area (Å²) in [6, 6.07) is 21.6. The number of carbonyl (C=O) groups is 2. The van der Waals surface area contributed by atoms with E-state index in [9.17, 15) is 9.59 Å². The van der Waals surface area contributed by atoms with Gasteiger partial charge in [0.25, 0.3) is 5.91 Å². The van der Waals surface area contributed by atoms with Gasteiger partial charge in [0.2, 0.25) is 12.7 Å². The minimum atomic E-state index is -0.737. The van der Waals surface area contributed by atoms with Crippen molar-refractivity contribution in [1.29, 1.82) is 0 Å². The maximum atomic E-state index is 13.9. The van der Waals surface area contributed by atoms with Gasteiger partial charge in [0.15, 0.2) is 11.5 Å². The number of likely N-dealkylation sites (N-methyl/N-ethyl adjacent to an activating group) is 1. The van der Waals surface area contributed by atoms with Crippen LogP contribution in [0.2, 0.25) is 0 Å². The SMILES string of the molecule is C[C@@H]1C/C=C\C[C@@H](c2ccc3c(c2)OCO3)NC(=O)[C@H](Cc2ccccc2)N(C)C(=O)c2ccccc2O1. The van der Waals surface area contributed by atoms with Crippen molar-refractivity contribution in [2.75, 3.05) is 13.8 Å². The third-order valence-electron chi connectivity index (χ3n) is 6.93. The van der Waals surface area contributed by atoms with E-state index in [4.69, 9.17) is 14.2 Å². The topological polar surface area (TPSA) is 77.1 Å². The fraction of sp³-hybridized carbons (Fsp3) is 0.290. The Kier molecular flexibility index (Phi) is 7.63. The standard InChI is InChI=1S/C31H32N2O5/c1-21-10-6-8-14-25(23-16-17-28-29(19-23)37-20-36-28)32-30(34)26(18-22-11-4-3-5-12-22)33(2)31(35)24-13-7-9-15-27(24)38-21/h3-9,11-13,15-17,19,21,25-26H,10,14,18,20H2,1-2H3,(H,32,34)/b8-6-/t21-,25+,26+/m1/s1. The van der Waals surface area contributed by atoms with Gasteiger partial charge in [-0.15, -0.1) is 0 Å². The Hall–Kier alpha value is -4.26. The fourth-order valence-electron chi connectivity index (χ4n) is 4.78. The lowest BCUT2D eigenvalue weighted by Gasteiger charge is -2.30. The third-order valence-corrected chi connectivity index (χ3v) is 6.93. The molecule has 7 heteroatoms. The molecule has 0 bridgehead atoms. The molecule has 0 saturated carbocycles. The Morgan fingerprint density at radius 2 is 1.61 bits per heavy atom. The summed E-state index contributed by atoms with van der Waals surface area (Å²) >= 11 is 0. The Labute approximate surface area is 223 Å². The molecule has 0 saturated heterocycles. The number of fused-ring (bicyclic) bond motifs is 2. The molecule has 2 heterocycles. The minimum absolute atomic E-state index is 0.132. The molecule has 0 unspecified atom stereocenters. The molecule has 0 aromatic heterocycles. The van der Waals surface area contributed by atoms with Crippen LogP contribution in [0, 0.1) is 0 Å². The first-order valence-electron chi connectivity index (χ1n) is 12.9. The number of carbonyl (C=O) groups excluding carboxylic acids is 2. The number of nitrogens with zero attached hydrogens (tertiary/aromatic N) is 1. The minimum Gasteiger partial charge on any atom is -0.490 e. The van der Waals surface area contributed by atoms with Crippen molar-refractivity contribution in [1.82, 2.24) is 10.2 Å². The number of para-hydroxylation sites is 1. The summed E-state index contributed by atoms with van der Waals surface area (Å²) in [5.41, 5.74) is 2.30. The van der Waals surface area contributed by atoms with Crippen molar-refractivity contribution in [2.24, 2.45) is 0 Å². The molecule has 3 atom stereocenters. The highest BCUT2D eigenvalue weighted by Crippen LogP contribution is 2.35. The van der Waals surface area contributed by atoms with Gasteiger partial charge in [-0.2, -0.15) is 0 Å². The van der Waals surface area contributed by atoms with Crippen molar-refractivity contribution in [3.63, 3.8) is 0 Å². The van der Waals surface area contributed by atoms with E-state index in [-0.39, 0.29) is 30.8 Å². The lowest BCUT2D eigenvalue weighted by Crippen LogP contribution is -2.49. The van der Waals surface area contributed by atoms with E-state index in [0.29, 0.717) is 42.1 Å². The van der Waals surface area contributed by atoms with Gasteiger partial charge in [0, 0.05) is 19.9 Å². The fourth-order valence-corrected chi connectivity index (χ4v) is 4.78. The van der Waals surface area contributed by atoms with Crippen molar-refractivity contribution in [2.45, 2.75) is 44.4 Å². The van der Waals surface area contributed by atoms with E-state index in [1.807, 2.05) is 67.6 Å². The molecule has 0 aliphatic carbocycles. The summed E-state index contributed by atoms with van der Waals surface area (Å²) in [5, 5.41) is 3.22. The number of rotatable bonds is 3. The maximum Gasteiger partial charge on any atom is 0.258 e. The Bertz CT molecular complexity index is 1320. The third kappa shape index (κ3) is 5.67. The van der Waals surface area contributed by atoms with Gasteiger partial charge in [0.05, 0.1) is 17.7 Å². The average Bonchev–Trinajstić information content (AvgIpc) is 3.41. The van der Waals surface area contributed by atoms with Gasteiger partial charge in [-0.3, -0.25) is 9.59 Å². The molecule has 5 rings (SSSR count). The quantitative estimate of drug-likeness (QED) is 0.496. The lowest BCUT2D eigenvalue weighted by molar-refractivity contribution is -0.126. The molecule has 2 aliphatic heterocycles. The summed E-state index contributed by atoms with van der Waals surface area (Å²) < 4.78 is 17.2. The van der Waals surface area contributed by atoms with Gasteiger partial charge in [-0.05, 0) is 48.7 Å². The zero-order valence-electron chi connectivity index (χ0n) is 21.6. The molecule has 2 aliphatic rings. The summed E-state index contributed by atoms with van der Waals surface area (Å²) in [7, 11) is 1.68. The van der Waals surface area contributed by atoms with Crippen LogP contribution in [-0.4, -0.2) is 42.7 Å². The summed E-state index contributed by atoms with van der Waals surface area (Å²) in [6.07, 6.45) is 5.60. The van der Waals surface area contributed by atoms with Crippen LogP contribution in [0.25, 0.3) is 0 Å². The van der Waals surface area contributed by atoms with Crippen molar-refractivity contribution >= 4 is 11.8 Å².